The Morgan fingerprint density at radius 2 is 1.36 bits per heavy atom. The zero-order valence-corrected chi connectivity index (χ0v) is 15.4. The molecule has 0 fully saturated rings. The van der Waals surface area contributed by atoms with Crippen LogP contribution in [-0.4, -0.2) is 23.8 Å². The van der Waals surface area contributed by atoms with Gasteiger partial charge in [-0.25, -0.2) is 0 Å². The molecule has 0 spiro atoms. The smallest absolute Gasteiger partial charge is 0.161 e. The first-order chi connectivity index (χ1) is 11.6. The average molecular weight is 385 g/mol. The van der Waals surface area contributed by atoms with E-state index in [9.17, 15) is 9.59 Å². The standard InChI is InChI=1S/C9H10ClNO2.C8H8ClNO2/c1-5(12)6-3-4-7(13-2)8(10)9(6)11;1-4(11)5-2-3-6(12)7(9)8(5)10/h3-4H,11H2,1-2H3;2-3,12H,10H2,1H3. The molecule has 0 atom stereocenters. The lowest BCUT2D eigenvalue weighted by Gasteiger charge is -2.08. The second-order valence-corrected chi connectivity index (χ2v) is 5.77. The van der Waals surface area contributed by atoms with Gasteiger partial charge in [0.1, 0.15) is 21.5 Å². The topological polar surface area (TPSA) is 116 Å². The third kappa shape index (κ3) is 4.78. The van der Waals surface area contributed by atoms with Crippen molar-refractivity contribution in [2.75, 3.05) is 18.6 Å². The van der Waals surface area contributed by atoms with E-state index in [1.807, 2.05) is 0 Å². The van der Waals surface area contributed by atoms with Crippen molar-refractivity contribution in [3.05, 3.63) is 45.4 Å². The maximum Gasteiger partial charge on any atom is 0.161 e. The third-order valence-electron chi connectivity index (χ3n) is 3.28. The average Bonchev–Trinajstić information content (AvgIpc) is 2.55. The molecule has 0 saturated heterocycles. The predicted molar refractivity (Wildman–Crippen MR) is 100.0 cm³/mol. The van der Waals surface area contributed by atoms with Crippen LogP contribution in [0, 0.1) is 0 Å². The Morgan fingerprint density at radius 1 is 0.920 bits per heavy atom. The number of rotatable bonds is 3. The number of Topliss-reactive ketones (excluding diaryl/α,β-unsaturated/α-hetero) is 2. The van der Waals surface area contributed by atoms with Crippen LogP contribution in [0.3, 0.4) is 0 Å². The molecule has 2 aromatic rings. The van der Waals surface area contributed by atoms with Crippen LogP contribution in [-0.2, 0) is 0 Å². The minimum absolute atomic E-state index is 0.0303. The lowest BCUT2D eigenvalue weighted by atomic mass is 10.1. The molecule has 8 heteroatoms. The number of benzene rings is 2. The van der Waals surface area contributed by atoms with E-state index in [1.54, 1.807) is 12.1 Å². The normalized spacial score (nSPS) is 9.80. The zero-order valence-electron chi connectivity index (χ0n) is 13.9. The maximum absolute atomic E-state index is 11.0. The Hall–Kier alpha value is -2.44. The Labute approximate surface area is 155 Å². The summed E-state index contributed by atoms with van der Waals surface area (Å²) in [5, 5.41) is 9.40. The van der Waals surface area contributed by atoms with E-state index in [0.717, 1.165) is 0 Å². The van der Waals surface area contributed by atoms with Gasteiger partial charge in [-0.15, -0.1) is 0 Å². The number of hydrogen-bond acceptors (Lipinski definition) is 6. The highest BCUT2D eigenvalue weighted by Crippen LogP contribution is 2.33. The molecule has 2 aromatic carbocycles. The van der Waals surface area contributed by atoms with Crippen molar-refractivity contribution in [2.24, 2.45) is 0 Å². The Balaban J connectivity index is 0.000000251. The second-order valence-electron chi connectivity index (χ2n) is 5.02. The van der Waals surface area contributed by atoms with Gasteiger partial charge in [-0.3, -0.25) is 9.59 Å². The van der Waals surface area contributed by atoms with Crippen molar-refractivity contribution in [2.45, 2.75) is 13.8 Å². The van der Waals surface area contributed by atoms with Gasteiger partial charge in [0.05, 0.1) is 18.5 Å². The van der Waals surface area contributed by atoms with Crippen molar-refractivity contribution in [1.82, 2.24) is 0 Å². The van der Waals surface area contributed by atoms with Gasteiger partial charge in [0.15, 0.2) is 11.6 Å². The number of halogens is 2. The summed E-state index contributed by atoms with van der Waals surface area (Å²) in [5.41, 5.74) is 12.3. The molecule has 6 nitrogen and oxygen atoms in total. The summed E-state index contributed by atoms with van der Waals surface area (Å²) in [6.45, 7) is 2.83. The molecule has 0 saturated carbocycles. The van der Waals surface area contributed by atoms with E-state index in [2.05, 4.69) is 0 Å². The number of anilines is 2. The quantitative estimate of drug-likeness (QED) is 0.544. The largest absolute Gasteiger partial charge is 0.506 e. The number of phenolic OH excluding ortho intramolecular Hbond substituents is 1. The van der Waals surface area contributed by atoms with E-state index in [0.29, 0.717) is 16.9 Å². The van der Waals surface area contributed by atoms with E-state index < -0.39 is 0 Å². The van der Waals surface area contributed by atoms with E-state index >= 15 is 0 Å². The predicted octanol–water partition coefficient (Wildman–Crippen LogP) is 3.96. The second kappa shape index (κ2) is 8.60. The number of ether oxygens (including phenoxy) is 1. The number of methoxy groups -OCH3 is 1. The minimum atomic E-state index is -0.172. The van der Waals surface area contributed by atoms with Crippen molar-refractivity contribution in [1.29, 1.82) is 0 Å². The Kier molecular flexibility index (Phi) is 7.09. The lowest BCUT2D eigenvalue weighted by molar-refractivity contribution is 0.101. The van der Waals surface area contributed by atoms with E-state index in [4.69, 9.17) is 44.5 Å². The number of carbonyl (C=O) groups is 2. The van der Waals surface area contributed by atoms with Crippen LogP contribution in [0.1, 0.15) is 34.6 Å². The molecule has 0 bridgehead atoms. The molecule has 0 amide bonds. The molecule has 134 valence electrons. The van der Waals surface area contributed by atoms with Gasteiger partial charge in [-0.05, 0) is 38.1 Å². The zero-order chi connectivity index (χ0) is 19.3. The van der Waals surface area contributed by atoms with E-state index in [-0.39, 0.29) is 38.7 Å². The number of carbonyl (C=O) groups excluding carboxylic acids is 2. The van der Waals surface area contributed by atoms with Gasteiger partial charge in [0, 0.05) is 11.1 Å². The van der Waals surface area contributed by atoms with Crippen LogP contribution in [0.5, 0.6) is 11.5 Å². The number of hydrogen-bond donors (Lipinski definition) is 3. The molecule has 0 aliphatic rings. The van der Waals surface area contributed by atoms with Crippen molar-refractivity contribution in [3.63, 3.8) is 0 Å². The van der Waals surface area contributed by atoms with Gasteiger partial charge in [-0.1, -0.05) is 23.2 Å². The first kappa shape index (κ1) is 20.6. The summed E-state index contributed by atoms with van der Waals surface area (Å²) >= 11 is 11.4. The maximum atomic E-state index is 11.0. The highest BCUT2D eigenvalue weighted by molar-refractivity contribution is 6.35. The lowest BCUT2D eigenvalue weighted by Crippen LogP contribution is -2.01. The summed E-state index contributed by atoms with van der Waals surface area (Å²) in [7, 11) is 1.49. The van der Waals surface area contributed by atoms with Gasteiger partial charge in [-0.2, -0.15) is 0 Å². The van der Waals surface area contributed by atoms with Crippen molar-refractivity contribution in [3.8, 4) is 11.5 Å². The molecular formula is C17H18Cl2N2O4. The molecule has 0 heterocycles. The molecule has 0 aliphatic heterocycles. The molecule has 0 radical (unpaired) electrons. The molecule has 2 rings (SSSR count). The monoisotopic (exact) mass is 384 g/mol. The minimum Gasteiger partial charge on any atom is -0.506 e. The van der Waals surface area contributed by atoms with Gasteiger partial charge < -0.3 is 21.3 Å². The SMILES string of the molecule is CC(=O)c1ccc(O)c(Cl)c1N.COc1ccc(C(C)=O)c(N)c1Cl. The summed E-state index contributed by atoms with van der Waals surface area (Å²) in [4.78, 5) is 21.9. The molecule has 0 aromatic heterocycles. The summed E-state index contributed by atoms with van der Waals surface area (Å²) in [6, 6.07) is 6.01. The first-order valence-electron chi connectivity index (χ1n) is 7.02. The van der Waals surface area contributed by atoms with Crippen LogP contribution >= 0.6 is 23.2 Å². The first-order valence-corrected chi connectivity index (χ1v) is 7.78. The fourth-order valence-corrected chi connectivity index (χ4v) is 2.33. The summed E-state index contributed by atoms with van der Waals surface area (Å²) in [6.07, 6.45) is 0. The number of nitrogens with two attached hydrogens (primary N) is 2. The van der Waals surface area contributed by atoms with Crippen LogP contribution in [0.25, 0.3) is 0 Å². The van der Waals surface area contributed by atoms with Crippen LogP contribution in [0.4, 0.5) is 11.4 Å². The van der Waals surface area contributed by atoms with Gasteiger partial charge in [0.25, 0.3) is 0 Å². The molecular weight excluding hydrogens is 367 g/mol. The van der Waals surface area contributed by atoms with Crippen molar-refractivity contribution < 1.29 is 19.4 Å². The number of phenols is 1. The number of aromatic hydroxyl groups is 1. The Morgan fingerprint density at radius 3 is 1.80 bits per heavy atom. The van der Waals surface area contributed by atoms with Crippen LogP contribution in [0.2, 0.25) is 10.0 Å². The van der Waals surface area contributed by atoms with Gasteiger partial charge in [0.2, 0.25) is 0 Å². The Bertz CT molecular complexity index is 823. The highest BCUT2D eigenvalue weighted by atomic mass is 35.5. The molecule has 0 aliphatic carbocycles. The number of ketones is 2. The van der Waals surface area contributed by atoms with E-state index in [1.165, 1.54) is 33.1 Å². The fraction of sp³-hybridized carbons (Fsp3) is 0.176. The fourth-order valence-electron chi connectivity index (χ4n) is 1.93. The van der Waals surface area contributed by atoms with Crippen LogP contribution < -0.4 is 16.2 Å². The molecule has 25 heavy (non-hydrogen) atoms. The third-order valence-corrected chi connectivity index (χ3v) is 4.07. The summed E-state index contributed by atoms with van der Waals surface area (Å²) in [5.74, 6) is 0.0831. The van der Waals surface area contributed by atoms with Gasteiger partial charge >= 0.3 is 0 Å². The summed E-state index contributed by atoms with van der Waals surface area (Å²) < 4.78 is 4.94. The number of nitrogen functional groups attached to an aromatic ring is 2. The molecule has 5 N–H and O–H groups in total. The van der Waals surface area contributed by atoms with Crippen molar-refractivity contribution >= 4 is 46.1 Å². The van der Waals surface area contributed by atoms with Crippen LogP contribution in [0.15, 0.2) is 24.3 Å². The molecule has 0 unspecified atom stereocenters. The highest BCUT2D eigenvalue weighted by Gasteiger charge is 2.12.